The van der Waals surface area contributed by atoms with Gasteiger partial charge in [-0.25, -0.2) is 0 Å². The van der Waals surface area contributed by atoms with Crippen LogP contribution in [0.5, 0.6) is 0 Å². The molecular weight excluding hydrogens is 588 g/mol. The van der Waals surface area contributed by atoms with Crippen molar-refractivity contribution in [2.75, 3.05) is 14.1 Å². The number of nitrogens with zero attached hydrogens (tertiary/aromatic N) is 1. The molecule has 10 atom stereocenters. The van der Waals surface area contributed by atoms with E-state index in [1.54, 1.807) is 21.2 Å². The number of benzene rings is 4. The van der Waals surface area contributed by atoms with E-state index in [-0.39, 0.29) is 15.8 Å². The Hall–Kier alpha value is -1.78. The predicted octanol–water partition coefficient (Wildman–Crippen LogP) is 7.78. The number of rotatable bonds is 8. The number of hydrogen-bond donors (Lipinski definition) is 0. The summed E-state index contributed by atoms with van der Waals surface area (Å²) in [5, 5.41) is 6.82. The fraction of sp³-hybridized carbons (Fsp3) is 0.368. The summed E-state index contributed by atoms with van der Waals surface area (Å²) in [5.41, 5.74) is 0. The van der Waals surface area contributed by atoms with Crippen molar-refractivity contribution in [1.29, 1.82) is 0 Å². The van der Waals surface area contributed by atoms with Gasteiger partial charge in [-0.2, -0.15) is 0 Å². The van der Waals surface area contributed by atoms with Crippen LogP contribution in [0.25, 0.3) is 0 Å². The van der Waals surface area contributed by atoms with E-state index in [1.807, 2.05) is 0 Å². The van der Waals surface area contributed by atoms with Gasteiger partial charge in [-0.3, -0.25) is 0 Å². The van der Waals surface area contributed by atoms with Gasteiger partial charge in [0.1, 0.15) is 0 Å². The molecule has 0 aromatic heterocycles. The molecule has 10 saturated heterocycles. The summed E-state index contributed by atoms with van der Waals surface area (Å²) in [7, 11) is 4.16. The second-order valence-electron chi connectivity index (χ2n) is 17.5. The van der Waals surface area contributed by atoms with Crippen molar-refractivity contribution in [2.45, 2.75) is 59.1 Å². The van der Waals surface area contributed by atoms with Gasteiger partial charge in [0.25, 0.3) is 0 Å². The van der Waals surface area contributed by atoms with Crippen LogP contribution in [0.2, 0.25) is 38.0 Å². The van der Waals surface area contributed by atoms with Gasteiger partial charge in [0.2, 0.25) is 0 Å². The van der Waals surface area contributed by atoms with Gasteiger partial charge in [0.05, 0.1) is 0 Å². The Morgan fingerprint density at radius 1 is 0.548 bits per heavy atom. The quantitative estimate of drug-likeness (QED) is 0.143. The first-order valence-corrected chi connectivity index (χ1v) is 24.8. The minimum atomic E-state index is -4.26. The standard InChI is InChI=1S/C21H23NP.C17H14P.Fe/c1-17(22(2)3)20-15-10-16-21(20)23(18-11-6-4-7-12-18)19-13-8-5-9-14-19;1-3-9-15(10-4-1)18(17-13-7-8-14-17)16-11-5-2-6-12-16;/h4-17H,1-3H3;1-14H;. The van der Waals surface area contributed by atoms with Crippen molar-refractivity contribution in [1.82, 2.24) is 4.90 Å². The second-order valence-corrected chi connectivity index (χ2v) is 46.0. The normalized spacial score (nSPS) is 59.7. The van der Waals surface area contributed by atoms with E-state index < -0.39 is 6.51 Å². The van der Waals surface area contributed by atoms with Gasteiger partial charge in [-0.15, -0.1) is 0 Å². The number of hydrogen-bond acceptors (Lipinski definition) is 1. The SMILES string of the molecule is CC(N(C)C)[C@]12[CH]3[CH]4[CH]5[C]1(P(c1ccccc1)c1ccccc1)[Fe]45321678[CH]2[CH]1[CH]6[C]7(P(c1ccccc1)c1ccccc1)[CH]28. The third kappa shape index (κ3) is 0.557. The monoisotopic (exact) mass is 625 g/mol. The van der Waals surface area contributed by atoms with Crippen LogP contribution < -0.4 is 21.2 Å². The van der Waals surface area contributed by atoms with Crippen LogP contribution in [-0.2, 0) is 6.51 Å². The first-order valence-electron chi connectivity index (χ1n) is 16.0. The van der Waals surface area contributed by atoms with Crippen LogP contribution in [-0.4, -0.2) is 33.1 Å². The van der Waals surface area contributed by atoms with Crippen molar-refractivity contribution in [3.8, 4) is 0 Å². The van der Waals surface area contributed by atoms with Gasteiger partial charge < -0.3 is 0 Å². The Balaban J connectivity index is 1.15. The molecule has 4 heteroatoms. The Morgan fingerprint density at radius 2 is 0.952 bits per heavy atom. The summed E-state index contributed by atoms with van der Waals surface area (Å²) in [6.45, 7) is -1.53. The van der Waals surface area contributed by atoms with Crippen molar-refractivity contribution < 1.29 is 6.51 Å². The third-order valence-electron chi connectivity index (χ3n) is 21.1. The Morgan fingerprint density at radius 3 is 1.31 bits per heavy atom. The minimum absolute atomic E-state index is 0.347. The fourth-order valence-corrected chi connectivity index (χ4v) is 131. The summed E-state index contributed by atoms with van der Waals surface area (Å²) in [4.78, 5) is 11.0. The summed E-state index contributed by atoms with van der Waals surface area (Å²) in [6, 6.07) is 49.0. The predicted molar refractivity (Wildman–Crippen MR) is 176 cm³/mol. The summed E-state index contributed by atoms with van der Waals surface area (Å²) in [6.07, 6.45) is 0. The van der Waals surface area contributed by atoms with Crippen LogP contribution in [0.1, 0.15) is 6.92 Å². The molecule has 0 bridgehead atoms. The Labute approximate surface area is 241 Å². The molecule has 10 fully saturated rings. The van der Waals surface area contributed by atoms with Crippen LogP contribution in [0.15, 0.2) is 121 Å². The van der Waals surface area contributed by atoms with Gasteiger partial charge in [0.15, 0.2) is 0 Å². The fourth-order valence-electron chi connectivity index (χ4n) is 23.0. The van der Waals surface area contributed by atoms with E-state index in [1.165, 1.54) is 19.3 Å². The van der Waals surface area contributed by atoms with Crippen molar-refractivity contribution in [2.24, 2.45) is 0 Å². The molecule has 4 aromatic carbocycles. The molecule has 10 heterocycles. The maximum atomic E-state index is 2.73. The zero-order valence-electron chi connectivity index (χ0n) is 24.4. The maximum absolute atomic E-state index is 4.26. The molecule has 0 N–H and O–H groups in total. The molecule has 42 heavy (non-hydrogen) atoms. The molecule has 0 saturated carbocycles. The van der Waals surface area contributed by atoms with Crippen LogP contribution in [0.3, 0.4) is 0 Å². The molecule has 9 unspecified atom stereocenters. The average Bonchev–Trinajstić information content (AvgIpc) is 4.00. The van der Waals surface area contributed by atoms with Crippen LogP contribution >= 0.6 is 15.8 Å². The molecule has 1 nitrogen and oxygen atoms in total. The molecule has 212 valence electrons. The van der Waals surface area contributed by atoms with Crippen LogP contribution in [0, 0.1) is 0 Å². The summed E-state index contributed by atoms with van der Waals surface area (Å²) < 4.78 is 2.04. The topological polar surface area (TPSA) is 3.24 Å². The second kappa shape index (κ2) is 3.60. The molecule has 10 aliphatic rings. The molecule has 14 rings (SSSR count). The third-order valence-corrected chi connectivity index (χ3v) is 78.5. The van der Waals surface area contributed by atoms with E-state index in [2.05, 4.69) is 147 Å². The molecule has 1 spiro atoms. The summed E-state index contributed by atoms with van der Waals surface area (Å²) in [5.74, 6) is 0. The van der Waals surface area contributed by atoms with Crippen LogP contribution in [0.4, 0.5) is 0 Å². The van der Waals surface area contributed by atoms with Crippen molar-refractivity contribution in [3.05, 3.63) is 121 Å². The first-order chi connectivity index (χ1) is 20.4. The Kier molecular flexibility index (Phi) is 1.87. The van der Waals surface area contributed by atoms with Gasteiger partial charge >= 0.3 is 243 Å². The number of fused-ring (bicyclic) bond motifs is 10. The van der Waals surface area contributed by atoms with E-state index in [0.717, 1.165) is 20.5 Å². The van der Waals surface area contributed by atoms with E-state index in [0.29, 0.717) is 12.4 Å². The molecule has 10 aliphatic heterocycles. The van der Waals surface area contributed by atoms with Crippen molar-refractivity contribution >= 4 is 37.1 Å². The summed E-state index contributed by atoms with van der Waals surface area (Å²) >= 11 is 0. The molecule has 0 radical (unpaired) electrons. The molecule has 0 aliphatic carbocycles. The van der Waals surface area contributed by atoms with Crippen molar-refractivity contribution in [3.63, 3.8) is 0 Å². The molecular formula is C38H37FeNP2. The van der Waals surface area contributed by atoms with E-state index in [9.17, 15) is 0 Å². The zero-order valence-corrected chi connectivity index (χ0v) is 27.3. The first kappa shape index (κ1) is 21.8. The molecule has 0 amide bonds. The van der Waals surface area contributed by atoms with Gasteiger partial charge in [-0.1, -0.05) is 0 Å². The average molecular weight is 626 g/mol. The zero-order chi connectivity index (χ0) is 27.6. The molecule has 4 aromatic rings. The van der Waals surface area contributed by atoms with Gasteiger partial charge in [-0.05, 0) is 0 Å². The van der Waals surface area contributed by atoms with E-state index in [4.69, 9.17) is 0 Å². The van der Waals surface area contributed by atoms with Gasteiger partial charge in [0, 0.05) is 0 Å². The Bertz CT molecular complexity index is 2270. The van der Waals surface area contributed by atoms with E-state index >= 15 is 0 Å².